The first kappa shape index (κ1) is 12.0. The van der Waals surface area contributed by atoms with Gasteiger partial charge in [0, 0.05) is 18.7 Å². The van der Waals surface area contributed by atoms with Crippen molar-refractivity contribution in [1.29, 1.82) is 0 Å². The predicted molar refractivity (Wildman–Crippen MR) is 63.9 cm³/mol. The molecule has 0 amide bonds. The minimum absolute atomic E-state index is 0.126. The van der Waals surface area contributed by atoms with Gasteiger partial charge in [0.25, 0.3) is 0 Å². The molecule has 1 saturated heterocycles. The molecular formula is C12H18N2O3. The van der Waals surface area contributed by atoms with Crippen LogP contribution in [0.2, 0.25) is 0 Å². The van der Waals surface area contributed by atoms with Crippen LogP contribution in [0.3, 0.4) is 0 Å². The van der Waals surface area contributed by atoms with Crippen LogP contribution in [-0.4, -0.2) is 29.9 Å². The van der Waals surface area contributed by atoms with Crippen molar-refractivity contribution in [2.45, 2.75) is 32.4 Å². The van der Waals surface area contributed by atoms with E-state index in [2.05, 4.69) is 0 Å². The van der Waals surface area contributed by atoms with E-state index in [4.69, 9.17) is 15.2 Å². The highest BCUT2D eigenvalue weighted by molar-refractivity contribution is 5.89. The summed E-state index contributed by atoms with van der Waals surface area (Å²) in [5.74, 6) is -0.328. The Kier molecular flexibility index (Phi) is 3.38. The van der Waals surface area contributed by atoms with Crippen molar-refractivity contribution in [3.05, 3.63) is 18.0 Å². The van der Waals surface area contributed by atoms with Gasteiger partial charge in [0.2, 0.25) is 0 Å². The quantitative estimate of drug-likeness (QED) is 0.812. The molecule has 2 N–H and O–H groups in total. The molecular weight excluding hydrogens is 220 g/mol. The molecule has 0 saturated carbocycles. The Balaban J connectivity index is 2.12. The van der Waals surface area contributed by atoms with E-state index in [1.54, 1.807) is 12.3 Å². The van der Waals surface area contributed by atoms with Crippen molar-refractivity contribution in [1.82, 2.24) is 4.57 Å². The van der Waals surface area contributed by atoms with Crippen molar-refractivity contribution in [2.75, 3.05) is 18.9 Å². The minimum Gasteiger partial charge on any atom is -0.455 e. The maximum Gasteiger partial charge on any atom is 0.355 e. The number of hydrogen-bond donors (Lipinski definition) is 1. The third-order valence-electron chi connectivity index (χ3n) is 2.80. The molecule has 0 aromatic carbocycles. The molecule has 0 aliphatic carbocycles. The molecule has 0 bridgehead atoms. The fourth-order valence-electron chi connectivity index (χ4n) is 1.91. The van der Waals surface area contributed by atoms with Crippen molar-refractivity contribution in [3.8, 4) is 0 Å². The van der Waals surface area contributed by atoms with Crippen LogP contribution in [0.5, 0.6) is 0 Å². The number of carbonyl (C=O) groups excluding carboxylic acids is 1. The molecule has 1 fully saturated rings. The summed E-state index contributed by atoms with van der Waals surface area (Å²) in [6.07, 6.45) is 2.40. The van der Waals surface area contributed by atoms with Crippen LogP contribution in [-0.2, 0) is 9.47 Å². The Morgan fingerprint density at radius 3 is 3.00 bits per heavy atom. The zero-order valence-corrected chi connectivity index (χ0v) is 10.2. The summed E-state index contributed by atoms with van der Waals surface area (Å²) in [6.45, 7) is 5.14. The van der Waals surface area contributed by atoms with E-state index < -0.39 is 0 Å². The summed E-state index contributed by atoms with van der Waals surface area (Å²) in [7, 11) is 0. The van der Waals surface area contributed by atoms with Crippen molar-refractivity contribution in [3.63, 3.8) is 0 Å². The second-order valence-electron chi connectivity index (χ2n) is 4.55. The van der Waals surface area contributed by atoms with E-state index in [-0.39, 0.29) is 18.1 Å². The Hall–Kier alpha value is -1.49. The number of aromatic nitrogens is 1. The Morgan fingerprint density at radius 1 is 1.65 bits per heavy atom. The fourth-order valence-corrected chi connectivity index (χ4v) is 1.91. The first-order chi connectivity index (χ1) is 8.08. The monoisotopic (exact) mass is 238 g/mol. The largest absolute Gasteiger partial charge is 0.455 e. The van der Waals surface area contributed by atoms with Gasteiger partial charge in [-0.25, -0.2) is 4.79 Å². The van der Waals surface area contributed by atoms with E-state index in [9.17, 15) is 4.79 Å². The summed E-state index contributed by atoms with van der Waals surface area (Å²) >= 11 is 0. The van der Waals surface area contributed by atoms with Crippen LogP contribution in [0.25, 0.3) is 0 Å². The average molecular weight is 238 g/mol. The molecule has 5 nitrogen and oxygen atoms in total. The molecule has 2 rings (SSSR count). The van der Waals surface area contributed by atoms with Crippen LogP contribution in [0.15, 0.2) is 12.3 Å². The van der Waals surface area contributed by atoms with Crippen molar-refractivity contribution < 1.29 is 14.3 Å². The van der Waals surface area contributed by atoms with Gasteiger partial charge in [0.1, 0.15) is 11.8 Å². The zero-order chi connectivity index (χ0) is 12.4. The second kappa shape index (κ2) is 4.79. The van der Waals surface area contributed by atoms with Gasteiger partial charge in [0.15, 0.2) is 0 Å². The number of carbonyl (C=O) groups is 1. The number of esters is 1. The number of ether oxygens (including phenoxy) is 2. The lowest BCUT2D eigenvalue weighted by Gasteiger charge is -2.14. The van der Waals surface area contributed by atoms with Crippen LogP contribution in [0, 0.1) is 0 Å². The lowest BCUT2D eigenvalue weighted by Crippen LogP contribution is -2.20. The smallest absolute Gasteiger partial charge is 0.355 e. The van der Waals surface area contributed by atoms with Gasteiger partial charge in [-0.1, -0.05) is 0 Å². The minimum atomic E-state index is -0.328. The molecule has 1 aliphatic rings. The highest BCUT2D eigenvalue weighted by Crippen LogP contribution is 2.19. The van der Waals surface area contributed by atoms with Crippen LogP contribution < -0.4 is 5.73 Å². The molecule has 5 heteroatoms. The van der Waals surface area contributed by atoms with Crippen LogP contribution in [0.4, 0.5) is 5.69 Å². The molecule has 17 heavy (non-hydrogen) atoms. The van der Waals surface area contributed by atoms with Crippen molar-refractivity contribution in [2.24, 2.45) is 0 Å². The molecule has 2 heterocycles. The topological polar surface area (TPSA) is 66.5 Å². The van der Waals surface area contributed by atoms with E-state index >= 15 is 0 Å². The summed E-state index contributed by atoms with van der Waals surface area (Å²) in [5.41, 5.74) is 6.79. The van der Waals surface area contributed by atoms with Crippen molar-refractivity contribution >= 4 is 11.7 Å². The van der Waals surface area contributed by atoms with Gasteiger partial charge >= 0.3 is 5.97 Å². The van der Waals surface area contributed by atoms with Gasteiger partial charge < -0.3 is 19.8 Å². The fraction of sp³-hybridized carbons (Fsp3) is 0.583. The third-order valence-corrected chi connectivity index (χ3v) is 2.80. The Morgan fingerprint density at radius 2 is 2.41 bits per heavy atom. The van der Waals surface area contributed by atoms with Gasteiger partial charge in [-0.3, -0.25) is 0 Å². The van der Waals surface area contributed by atoms with E-state index in [1.807, 2.05) is 18.4 Å². The van der Waals surface area contributed by atoms with Gasteiger partial charge in [-0.15, -0.1) is 0 Å². The Bertz CT molecular complexity index is 406. The third kappa shape index (κ3) is 2.61. The first-order valence-electron chi connectivity index (χ1n) is 5.84. The maximum absolute atomic E-state index is 12.0. The normalized spacial score (nSPS) is 19.8. The molecule has 0 spiro atoms. The Labute approximate surface area is 100 Å². The standard InChI is InChI=1S/C12H18N2O3/c1-8(2)14-6-9(13)5-11(14)12(15)17-10-3-4-16-7-10/h5-6,8,10H,3-4,7,13H2,1-2H3. The summed E-state index contributed by atoms with van der Waals surface area (Å²) in [4.78, 5) is 12.0. The average Bonchev–Trinajstić information content (AvgIpc) is 2.86. The van der Waals surface area contributed by atoms with E-state index in [0.717, 1.165) is 6.42 Å². The first-order valence-corrected chi connectivity index (χ1v) is 5.84. The lowest BCUT2D eigenvalue weighted by molar-refractivity contribution is 0.0257. The number of hydrogen-bond acceptors (Lipinski definition) is 4. The molecule has 1 unspecified atom stereocenters. The van der Waals surface area contributed by atoms with E-state index in [1.165, 1.54) is 0 Å². The summed E-state index contributed by atoms with van der Waals surface area (Å²) in [6, 6.07) is 1.83. The number of anilines is 1. The highest BCUT2D eigenvalue weighted by Gasteiger charge is 2.23. The summed E-state index contributed by atoms with van der Waals surface area (Å²) in [5, 5.41) is 0. The SMILES string of the molecule is CC(C)n1cc(N)cc1C(=O)OC1CCOC1. The van der Waals surface area contributed by atoms with Gasteiger partial charge in [0.05, 0.1) is 18.9 Å². The number of nitrogens with zero attached hydrogens (tertiary/aromatic N) is 1. The van der Waals surface area contributed by atoms with Gasteiger partial charge in [-0.05, 0) is 19.9 Å². The maximum atomic E-state index is 12.0. The molecule has 0 radical (unpaired) electrons. The summed E-state index contributed by atoms with van der Waals surface area (Å²) < 4.78 is 12.4. The number of nitrogens with two attached hydrogens (primary N) is 1. The molecule has 1 atom stereocenters. The molecule has 94 valence electrons. The van der Waals surface area contributed by atoms with Crippen LogP contribution in [0.1, 0.15) is 36.8 Å². The highest BCUT2D eigenvalue weighted by atomic mass is 16.6. The lowest BCUT2D eigenvalue weighted by atomic mass is 10.3. The second-order valence-corrected chi connectivity index (χ2v) is 4.55. The zero-order valence-electron chi connectivity index (χ0n) is 10.2. The van der Waals surface area contributed by atoms with Gasteiger partial charge in [-0.2, -0.15) is 0 Å². The van der Waals surface area contributed by atoms with Crippen LogP contribution >= 0.6 is 0 Å². The molecule has 1 aromatic heterocycles. The number of nitrogen functional groups attached to an aromatic ring is 1. The predicted octanol–water partition coefficient (Wildman–Crippen LogP) is 1.60. The molecule has 1 aromatic rings. The van der Waals surface area contributed by atoms with E-state index in [0.29, 0.717) is 24.6 Å². The molecule has 1 aliphatic heterocycles. The number of rotatable bonds is 3.